The number of rotatable bonds is 7. The van der Waals surface area contributed by atoms with Crippen molar-refractivity contribution in [2.24, 2.45) is 5.10 Å². The van der Waals surface area contributed by atoms with Crippen LogP contribution < -0.4 is 10.2 Å². The van der Waals surface area contributed by atoms with Crippen molar-refractivity contribution >= 4 is 23.7 Å². The van der Waals surface area contributed by atoms with Gasteiger partial charge < -0.3 is 9.47 Å². The molecule has 2 rings (SSSR count). The second-order valence-corrected chi connectivity index (χ2v) is 5.72. The van der Waals surface area contributed by atoms with Gasteiger partial charge in [-0.05, 0) is 30.7 Å². The number of nitrogens with zero attached hydrogens (tertiary/aromatic N) is 3. The van der Waals surface area contributed by atoms with Crippen molar-refractivity contribution in [3.63, 3.8) is 0 Å². The van der Waals surface area contributed by atoms with Crippen LogP contribution in [0.3, 0.4) is 0 Å². The summed E-state index contributed by atoms with van der Waals surface area (Å²) in [6, 6.07) is 10.7. The van der Waals surface area contributed by atoms with E-state index in [0.717, 1.165) is 5.56 Å². The van der Waals surface area contributed by atoms with Gasteiger partial charge >= 0.3 is 0 Å². The monoisotopic (exact) mass is 372 g/mol. The smallest absolute Gasteiger partial charge is 0.278 e. The molecule has 1 N–H and O–H groups in total. The summed E-state index contributed by atoms with van der Waals surface area (Å²) in [6.07, 6.45) is 1.48. The van der Waals surface area contributed by atoms with Crippen molar-refractivity contribution in [3.05, 3.63) is 57.7 Å². The van der Waals surface area contributed by atoms with E-state index in [4.69, 9.17) is 21.1 Å². The molecule has 1 heterocycles. The van der Waals surface area contributed by atoms with Gasteiger partial charge in [-0.1, -0.05) is 23.7 Å². The minimum Gasteiger partial charge on any atom is -0.467 e. The van der Waals surface area contributed by atoms with E-state index >= 15 is 0 Å². The van der Waals surface area contributed by atoms with Gasteiger partial charge in [-0.15, -0.1) is 0 Å². The van der Waals surface area contributed by atoms with Crippen LogP contribution in [0.5, 0.6) is 5.88 Å². The first-order valence-electron chi connectivity index (χ1n) is 7.63. The summed E-state index contributed by atoms with van der Waals surface area (Å²) in [7, 11) is 1.53. The van der Waals surface area contributed by atoms with Gasteiger partial charge in [0.2, 0.25) is 5.88 Å². The van der Waals surface area contributed by atoms with E-state index in [1.165, 1.54) is 13.3 Å². The first-order chi connectivity index (χ1) is 12.5. The van der Waals surface area contributed by atoms with Gasteiger partial charge in [-0.25, -0.2) is 10.4 Å². The Labute approximate surface area is 156 Å². The number of carbonyl (C=O) groups is 1. The Bertz CT molecular complexity index is 845. The fraction of sp³-hybridized carbons (Fsp3) is 0.222. The highest BCUT2D eigenvalue weighted by molar-refractivity contribution is 6.30. The molecule has 1 amide bonds. The van der Waals surface area contributed by atoms with Crippen LogP contribution in [0.4, 0.5) is 0 Å². The Balaban J connectivity index is 1.96. The second-order valence-electron chi connectivity index (χ2n) is 5.28. The Hall–Kier alpha value is -2.95. The van der Waals surface area contributed by atoms with Crippen LogP contribution in [0.2, 0.25) is 5.02 Å². The number of aromatic nitrogens is 1. The van der Waals surface area contributed by atoms with Gasteiger partial charge in [-0.3, -0.25) is 4.79 Å². The van der Waals surface area contributed by atoms with E-state index in [1.54, 1.807) is 37.3 Å². The molecule has 0 saturated carbocycles. The minimum absolute atomic E-state index is 0.0939. The largest absolute Gasteiger partial charge is 0.467 e. The van der Waals surface area contributed by atoms with Gasteiger partial charge in [0.1, 0.15) is 11.6 Å². The summed E-state index contributed by atoms with van der Waals surface area (Å²) in [5.74, 6) is -0.382. The number of amides is 1. The van der Waals surface area contributed by atoms with Crippen LogP contribution >= 0.6 is 11.6 Å². The van der Waals surface area contributed by atoms with Gasteiger partial charge in [0.15, 0.2) is 6.61 Å². The van der Waals surface area contributed by atoms with Gasteiger partial charge in [0.05, 0.1) is 12.8 Å². The summed E-state index contributed by atoms with van der Waals surface area (Å²) < 4.78 is 10.5. The molecular weight excluding hydrogens is 356 g/mol. The third-order valence-electron chi connectivity index (χ3n) is 3.22. The Morgan fingerprint density at radius 2 is 2.15 bits per heavy atom. The van der Waals surface area contributed by atoms with Crippen LogP contribution in [0.1, 0.15) is 22.4 Å². The number of ether oxygens (including phenoxy) is 2. The number of methoxy groups -OCH3 is 1. The zero-order chi connectivity index (χ0) is 18.9. The number of hydrogen-bond donors (Lipinski definition) is 1. The molecule has 7 nitrogen and oxygen atoms in total. The first-order valence-corrected chi connectivity index (χ1v) is 8.01. The number of nitriles is 1. The van der Waals surface area contributed by atoms with Crippen LogP contribution in [0.25, 0.3) is 0 Å². The summed E-state index contributed by atoms with van der Waals surface area (Å²) >= 11 is 5.79. The normalized spacial score (nSPS) is 10.5. The average Bonchev–Trinajstić information content (AvgIpc) is 2.62. The Morgan fingerprint density at radius 3 is 2.81 bits per heavy atom. The molecule has 134 valence electrons. The molecule has 0 saturated heterocycles. The number of pyridine rings is 1. The first kappa shape index (κ1) is 19.4. The predicted molar refractivity (Wildman–Crippen MR) is 97.1 cm³/mol. The number of hydrazone groups is 1. The molecule has 0 bridgehead atoms. The summed E-state index contributed by atoms with van der Waals surface area (Å²) in [5, 5.41) is 13.8. The van der Waals surface area contributed by atoms with Crippen LogP contribution in [-0.4, -0.2) is 30.8 Å². The molecule has 0 aliphatic carbocycles. The number of hydrogen-bond acceptors (Lipinski definition) is 6. The molecule has 8 heteroatoms. The van der Waals surface area contributed by atoms with Crippen LogP contribution in [0, 0.1) is 18.3 Å². The standard InChI is InChI=1S/C18H17ClN4O3/c1-12-7-14(10-25-2)16(8-20)18(22-12)26-11-17(24)23-21-9-13-3-5-15(19)6-4-13/h3-7,9H,10-11H2,1-2H3,(H,23,24)/b21-9-. The number of nitrogens with one attached hydrogen (secondary N) is 1. The maximum atomic E-state index is 11.8. The van der Waals surface area contributed by atoms with Crippen molar-refractivity contribution in [2.45, 2.75) is 13.5 Å². The topological polar surface area (TPSA) is 96.6 Å². The van der Waals surface area contributed by atoms with Crippen molar-refractivity contribution in [1.29, 1.82) is 5.26 Å². The highest BCUT2D eigenvalue weighted by Gasteiger charge is 2.14. The number of halogens is 1. The third-order valence-corrected chi connectivity index (χ3v) is 3.47. The third kappa shape index (κ3) is 5.55. The van der Waals surface area contributed by atoms with E-state index in [9.17, 15) is 10.1 Å². The van der Waals surface area contributed by atoms with E-state index in [1.807, 2.05) is 6.07 Å². The van der Waals surface area contributed by atoms with Crippen molar-refractivity contribution < 1.29 is 14.3 Å². The molecule has 1 aromatic heterocycles. The molecule has 0 spiro atoms. The Kier molecular flexibility index (Phi) is 7.09. The molecule has 0 fully saturated rings. The second kappa shape index (κ2) is 9.51. The molecule has 2 aromatic rings. The molecule has 0 aliphatic rings. The molecule has 1 aromatic carbocycles. The molecule has 0 unspecified atom stereocenters. The highest BCUT2D eigenvalue weighted by Crippen LogP contribution is 2.21. The Morgan fingerprint density at radius 1 is 1.42 bits per heavy atom. The lowest BCUT2D eigenvalue weighted by Gasteiger charge is -2.10. The SMILES string of the molecule is COCc1cc(C)nc(OCC(=O)N/N=C\c2ccc(Cl)cc2)c1C#N. The van der Waals surface area contributed by atoms with Crippen LogP contribution in [-0.2, 0) is 16.1 Å². The molecule has 0 aliphatic heterocycles. The highest BCUT2D eigenvalue weighted by atomic mass is 35.5. The van der Waals surface area contributed by atoms with E-state index in [0.29, 0.717) is 16.3 Å². The maximum absolute atomic E-state index is 11.8. The number of benzene rings is 1. The number of aryl methyl sites for hydroxylation is 1. The van der Waals surface area contributed by atoms with Gasteiger partial charge in [-0.2, -0.15) is 10.4 Å². The van der Waals surface area contributed by atoms with Crippen molar-refractivity contribution in [2.75, 3.05) is 13.7 Å². The molecular formula is C18H17ClN4O3. The quantitative estimate of drug-likeness (QED) is 0.595. The zero-order valence-electron chi connectivity index (χ0n) is 14.3. The van der Waals surface area contributed by atoms with Gasteiger partial charge in [0.25, 0.3) is 5.91 Å². The molecule has 26 heavy (non-hydrogen) atoms. The molecule has 0 atom stereocenters. The fourth-order valence-electron chi connectivity index (χ4n) is 2.10. The lowest BCUT2D eigenvalue weighted by molar-refractivity contribution is -0.123. The van der Waals surface area contributed by atoms with Gasteiger partial charge in [0, 0.05) is 23.4 Å². The summed E-state index contributed by atoms with van der Waals surface area (Å²) in [5.41, 5.74) is 4.69. The summed E-state index contributed by atoms with van der Waals surface area (Å²) in [4.78, 5) is 16.0. The minimum atomic E-state index is -0.476. The lowest BCUT2D eigenvalue weighted by Crippen LogP contribution is -2.25. The lowest BCUT2D eigenvalue weighted by atomic mass is 10.1. The predicted octanol–water partition coefficient (Wildman–Crippen LogP) is 2.59. The maximum Gasteiger partial charge on any atom is 0.278 e. The van der Waals surface area contributed by atoms with E-state index < -0.39 is 5.91 Å². The molecule has 0 radical (unpaired) electrons. The van der Waals surface area contributed by atoms with Crippen molar-refractivity contribution in [1.82, 2.24) is 10.4 Å². The zero-order valence-corrected chi connectivity index (χ0v) is 15.1. The average molecular weight is 373 g/mol. The van der Waals surface area contributed by atoms with E-state index in [2.05, 4.69) is 15.5 Å². The fourth-order valence-corrected chi connectivity index (χ4v) is 2.22. The number of carbonyl (C=O) groups excluding carboxylic acids is 1. The van der Waals surface area contributed by atoms with E-state index in [-0.39, 0.29) is 24.7 Å². The van der Waals surface area contributed by atoms with Crippen molar-refractivity contribution in [3.8, 4) is 11.9 Å². The summed E-state index contributed by atoms with van der Waals surface area (Å²) in [6.45, 7) is 1.69. The van der Waals surface area contributed by atoms with Crippen LogP contribution in [0.15, 0.2) is 35.4 Å².